The van der Waals surface area contributed by atoms with Gasteiger partial charge in [0, 0.05) is 44.4 Å². The second-order valence-corrected chi connectivity index (χ2v) is 8.64. The molecule has 0 fully saturated rings. The predicted molar refractivity (Wildman–Crippen MR) is 139 cm³/mol. The van der Waals surface area contributed by atoms with E-state index >= 15 is 0 Å². The molecule has 0 aromatic carbocycles. The number of hydrogen-bond donors (Lipinski definition) is 7. The summed E-state index contributed by atoms with van der Waals surface area (Å²) in [7, 11) is 1.70. The minimum Gasteiger partial charge on any atom is -0.370 e. The molecular formula is C23H43N7O9. The molecule has 0 saturated carbocycles. The molecule has 0 aliphatic carbocycles. The van der Waals surface area contributed by atoms with Crippen LogP contribution in [0.15, 0.2) is 0 Å². The van der Waals surface area contributed by atoms with Gasteiger partial charge in [0.05, 0.1) is 19.8 Å². The number of primary amides is 3. The van der Waals surface area contributed by atoms with E-state index < -0.39 is 23.3 Å². The highest BCUT2D eigenvalue weighted by atomic mass is 16.5. The van der Waals surface area contributed by atoms with Crippen molar-refractivity contribution in [2.45, 2.75) is 44.1 Å². The van der Waals surface area contributed by atoms with Gasteiger partial charge in [0.15, 0.2) is 0 Å². The minimum absolute atomic E-state index is 0.113. The van der Waals surface area contributed by atoms with Crippen molar-refractivity contribution in [2.24, 2.45) is 17.2 Å². The van der Waals surface area contributed by atoms with Crippen LogP contribution in [0.3, 0.4) is 0 Å². The molecular weight excluding hydrogens is 518 g/mol. The lowest BCUT2D eigenvalue weighted by Crippen LogP contribution is -2.46. The van der Waals surface area contributed by atoms with E-state index in [1.165, 1.54) is 0 Å². The van der Waals surface area contributed by atoms with Crippen molar-refractivity contribution in [1.29, 1.82) is 0 Å². The van der Waals surface area contributed by atoms with E-state index in [9.17, 15) is 28.8 Å². The number of carbonyl (C=O) groups is 6. The van der Waals surface area contributed by atoms with Crippen molar-refractivity contribution in [3.8, 4) is 0 Å². The summed E-state index contributed by atoms with van der Waals surface area (Å²) in [6, 6.07) is 0. The number of nitrogens with one attached hydrogen (secondary N) is 4. The molecule has 0 aliphatic heterocycles. The first-order valence-corrected chi connectivity index (χ1v) is 12.6. The lowest BCUT2D eigenvalue weighted by Gasteiger charge is -2.34. The van der Waals surface area contributed by atoms with Crippen LogP contribution in [-0.4, -0.2) is 107 Å². The largest absolute Gasteiger partial charge is 0.370 e. The monoisotopic (exact) mass is 561 g/mol. The number of ether oxygens (including phenoxy) is 3. The lowest BCUT2D eigenvalue weighted by molar-refractivity contribution is -0.124. The highest BCUT2D eigenvalue weighted by Gasteiger charge is 2.30. The summed E-state index contributed by atoms with van der Waals surface area (Å²) in [6.45, 7) is 0.235. The average Bonchev–Trinajstić information content (AvgIpc) is 2.87. The fraction of sp³-hybridized carbons (Fsp3) is 0.739. The van der Waals surface area contributed by atoms with Crippen LogP contribution in [0, 0.1) is 0 Å². The Kier molecular flexibility index (Phi) is 19.7. The Morgan fingerprint density at radius 1 is 0.564 bits per heavy atom. The summed E-state index contributed by atoms with van der Waals surface area (Å²) >= 11 is 0. The molecule has 16 nitrogen and oxygen atoms in total. The van der Waals surface area contributed by atoms with Crippen LogP contribution in [0.4, 0.5) is 0 Å². The molecule has 0 atom stereocenters. The molecule has 0 rings (SSSR count). The van der Waals surface area contributed by atoms with Crippen molar-refractivity contribution < 1.29 is 43.0 Å². The summed E-state index contributed by atoms with van der Waals surface area (Å²) < 4.78 is 15.0. The van der Waals surface area contributed by atoms with Gasteiger partial charge in [-0.1, -0.05) is 0 Å². The lowest BCUT2D eigenvalue weighted by atomic mass is 9.83. The first kappa shape index (κ1) is 35.7. The minimum atomic E-state index is -0.709. The zero-order chi connectivity index (χ0) is 29.5. The molecule has 0 aromatic rings. The van der Waals surface area contributed by atoms with Gasteiger partial charge >= 0.3 is 0 Å². The van der Waals surface area contributed by atoms with Crippen LogP contribution in [0.25, 0.3) is 0 Å². The maximum absolute atomic E-state index is 12.3. The van der Waals surface area contributed by atoms with Crippen molar-refractivity contribution in [1.82, 2.24) is 21.3 Å². The number of nitrogens with two attached hydrogens (primary N) is 3. The molecule has 0 heterocycles. The molecule has 10 N–H and O–H groups in total. The van der Waals surface area contributed by atoms with Crippen LogP contribution in [0.1, 0.15) is 38.5 Å². The van der Waals surface area contributed by atoms with Gasteiger partial charge in [-0.15, -0.1) is 0 Å². The summed E-state index contributed by atoms with van der Waals surface area (Å²) in [5, 5.41) is 11.2. The molecule has 0 bridgehead atoms. The fourth-order valence-electron chi connectivity index (χ4n) is 3.38. The number of amides is 6. The van der Waals surface area contributed by atoms with E-state index in [-0.39, 0.29) is 96.3 Å². The summed E-state index contributed by atoms with van der Waals surface area (Å²) in [6.07, 6.45) is 1.34. The quantitative estimate of drug-likeness (QED) is 0.0534. The van der Waals surface area contributed by atoms with Crippen LogP contribution in [0.2, 0.25) is 0 Å². The topological polar surface area (TPSA) is 256 Å². The predicted octanol–water partition coefficient (Wildman–Crippen LogP) is -3.86. The molecule has 6 amide bonds. The van der Waals surface area contributed by atoms with E-state index in [0.717, 1.165) is 0 Å². The molecule has 0 saturated heterocycles. The third-order valence-electron chi connectivity index (χ3n) is 5.46. The first-order chi connectivity index (χ1) is 18.5. The van der Waals surface area contributed by atoms with E-state index in [1.54, 1.807) is 7.05 Å². The summed E-state index contributed by atoms with van der Waals surface area (Å²) in [4.78, 5) is 69.1. The maximum Gasteiger partial charge on any atom is 0.243 e. The van der Waals surface area contributed by atoms with Crippen LogP contribution >= 0.6 is 0 Å². The van der Waals surface area contributed by atoms with E-state index in [0.29, 0.717) is 19.3 Å². The van der Waals surface area contributed by atoms with Crippen LogP contribution in [0.5, 0.6) is 0 Å². The molecule has 39 heavy (non-hydrogen) atoms. The van der Waals surface area contributed by atoms with Gasteiger partial charge in [-0.3, -0.25) is 28.8 Å². The van der Waals surface area contributed by atoms with E-state index in [4.69, 9.17) is 31.4 Å². The standard InChI is InChI=1S/C23H43N7O9/c1-27-23(5-2-20(34)28-8-11-37-14-17(24)31,6-3-21(35)29-9-12-38-15-18(25)32)7-4-22(36)30-10-13-39-16-19(26)33/h27H,2-16H2,1H3,(H2,24,31)(H2,25,32)(H2,26,33)(H,28,34)(H,29,35)(H,30,36). The zero-order valence-electron chi connectivity index (χ0n) is 22.5. The molecule has 16 heteroatoms. The third kappa shape index (κ3) is 21.3. The Hall–Kier alpha value is -3.34. The van der Waals surface area contributed by atoms with Gasteiger partial charge in [-0.25, -0.2) is 0 Å². The SMILES string of the molecule is CNC(CCC(=O)NCCOCC(N)=O)(CCC(=O)NCCOCC(N)=O)CCC(=O)NCCOCC(N)=O. The summed E-state index contributed by atoms with van der Waals surface area (Å²) in [5.41, 5.74) is 14.2. The Balaban J connectivity index is 4.83. The van der Waals surface area contributed by atoms with E-state index in [2.05, 4.69) is 21.3 Å². The number of hydrogen-bond acceptors (Lipinski definition) is 10. The van der Waals surface area contributed by atoms with Crippen molar-refractivity contribution in [2.75, 3.05) is 66.3 Å². The smallest absolute Gasteiger partial charge is 0.243 e. The van der Waals surface area contributed by atoms with Gasteiger partial charge in [-0.2, -0.15) is 0 Å². The fourth-order valence-corrected chi connectivity index (χ4v) is 3.38. The maximum atomic E-state index is 12.3. The second-order valence-electron chi connectivity index (χ2n) is 8.64. The van der Waals surface area contributed by atoms with E-state index in [1.807, 2.05) is 0 Å². The Morgan fingerprint density at radius 2 is 0.846 bits per heavy atom. The Labute approximate surface area is 227 Å². The Morgan fingerprint density at radius 3 is 1.08 bits per heavy atom. The third-order valence-corrected chi connectivity index (χ3v) is 5.46. The first-order valence-electron chi connectivity index (χ1n) is 12.6. The van der Waals surface area contributed by atoms with Crippen LogP contribution in [-0.2, 0) is 43.0 Å². The van der Waals surface area contributed by atoms with Gasteiger partial charge in [-0.05, 0) is 26.3 Å². The number of rotatable bonds is 25. The van der Waals surface area contributed by atoms with Gasteiger partial charge in [0.25, 0.3) is 0 Å². The van der Waals surface area contributed by atoms with Gasteiger partial charge in [0.2, 0.25) is 35.4 Å². The van der Waals surface area contributed by atoms with Crippen LogP contribution < -0.4 is 38.5 Å². The van der Waals surface area contributed by atoms with Gasteiger partial charge in [0.1, 0.15) is 19.8 Å². The molecule has 0 aromatic heterocycles. The molecule has 0 radical (unpaired) electrons. The Bertz CT molecular complexity index is 698. The van der Waals surface area contributed by atoms with Gasteiger partial charge < -0.3 is 52.7 Å². The normalized spacial score (nSPS) is 11.0. The molecule has 0 spiro atoms. The van der Waals surface area contributed by atoms with Crippen molar-refractivity contribution in [3.05, 3.63) is 0 Å². The number of carbonyl (C=O) groups excluding carboxylic acids is 6. The molecule has 0 aliphatic rings. The zero-order valence-corrected chi connectivity index (χ0v) is 22.5. The summed E-state index contributed by atoms with van der Waals surface area (Å²) in [5.74, 6) is -2.60. The second kappa shape index (κ2) is 21.6. The molecule has 224 valence electrons. The highest BCUT2D eigenvalue weighted by molar-refractivity contribution is 5.78. The van der Waals surface area contributed by atoms with Crippen molar-refractivity contribution >= 4 is 35.4 Å². The molecule has 0 unspecified atom stereocenters. The van der Waals surface area contributed by atoms with Crippen molar-refractivity contribution in [3.63, 3.8) is 0 Å². The highest BCUT2D eigenvalue weighted by Crippen LogP contribution is 2.25. The average molecular weight is 562 g/mol.